The average molecular weight is 327 g/mol. The molecule has 2 N–H and O–H groups in total. The smallest absolute Gasteiger partial charge is 0.326 e. The first-order valence-corrected chi connectivity index (χ1v) is 7.65. The third-order valence-electron chi connectivity index (χ3n) is 3.62. The molecule has 0 saturated carbocycles. The van der Waals surface area contributed by atoms with Crippen molar-refractivity contribution in [3.63, 3.8) is 0 Å². The van der Waals surface area contributed by atoms with Crippen LogP contribution in [0.5, 0.6) is 0 Å². The van der Waals surface area contributed by atoms with E-state index in [0.29, 0.717) is 12.8 Å². The Labute approximate surface area is 135 Å². The molecular weight excluding hydrogens is 302 g/mol. The number of carbonyl (C=O) groups is 4. The molecule has 1 aliphatic rings. The van der Waals surface area contributed by atoms with Gasteiger partial charge in [-0.15, -0.1) is 0 Å². The van der Waals surface area contributed by atoms with E-state index in [-0.39, 0.29) is 0 Å². The van der Waals surface area contributed by atoms with Gasteiger partial charge in [0.1, 0.15) is 12.1 Å². The molecule has 1 heterocycles. The van der Waals surface area contributed by atoms with E-state index in [1.807, 2.05) is 0 Å². The van der Waals surface area contributed by atoms with Crippen molar-refractivity contribution in [2.24, 2.45) is 0 Å². The van der Waals surface area contributed by atoms with Crippen LogP contribution >= 0.6 is 0 Å². The number of nitrogens with zero attached hydrogens (tertiary/aromatic N) is 1. The molecule has 0 radical (unpaired) electrons. The lowest BCUT2D eigenvalue weighted by Crippen LogP contribution is -2.46. The first-order valence-electron chi connectivity index (χ1n) is 7.65. The van der Waals surface area contributed by atoms with Crippen molar-refractivity contribution >= 4 is 23.8 Å². The molecule has 0 atom stereocenters. The van der Waals surface area contributed by atoms with Crippen molar-refractivity contribution in [3.05, 3.63) is 0 Å². The normalized spacial score (nSPS) is 17.0. The van der Waals surface area contributed by atoms with Gasteiger partial charge in [-0.1, -0.05) is 13.8 Å². The Morgan fingerprint density at radius 3 is 2.22 bits per heavy atom. The van der Waals surface area contributed by atoms with Crippen LogP contribution in [0.1, 0.15) is 47.5 Å². The second-order valence-corrected chi connectivity index (χ2v) is 6.57. The largest absolute Gasteiger partial charge is 0.454 e. The maximum atomic E-state index is 12.3. The van der Waals surface area contributed by atoms with Crippen molar-refractivity contribution in [1.29, 1.82) is 0 Å². The lowest BCUT2D eigenvalue weighted by molar-refractivity contribution is -0.151. The summed E-state index contributed by atoms with van der Waals surface area (Å²) in [5.74, 6) is -1.69. The Balaban J connectivity index is 2.56. The first-order chi connectivity index (χ1) is 10.5. The van der Waals surface area contributed by atoms with E-state index in [4.69, 9.17) is 4.74 Å². The third-order valence-corrected chi connectivity index (χ3v) is 3.62. The zero-order valence-electron chi connectivity index (χ0n) is 14.3. The summed E-state index contributed by atoms with van der Waals surface area (Å²) in [6.45, 7) is 8.03. The van der Waals surface area contributed by atoms with E-state index in [1.54, 1.807) is 34.6 Å². The minimum absolute atomic E-state index is 0.434. The summed E-state index contributed by atoms with van der Waals surface area (Å²) in [5, 5.41) is 5.26. The molecule has 130 valence electrons. The monoisotopic (exact) mass is 327 g/mol. The molecule has 8 heteroatoms. The van der Waals surface area contributed by atoms with Gasteiger partial charge < -0.3 is 15.4 Å². The highest BCUT2D eigenvalue weighted by molar-refractivity contribution is 6.08. The molecule has 1 rings (SSSR count). The van der Waals surface area contributed by atoms with Gasteiger partial charge >= 0.3 is 12.0 Å². The molecule has 0 bridgehead atoms. The summed E-state index contributed by atoms with van der Waals surface area (Å²) in [6, 6.07) is -0.616. The van der Waals surface area contributed by atoms with E-state index in [0.717, 1.165) is 4.90 Å². The van der Waals surface area contributed by atoms with E-state index in [2.05, 4.69) is 10.6 Å². The fraction of sp³-hybridized carbons (Fsp3) is 0.733. The summed E-state index contributed by atoms with van der Waals surface area (Å²) < 4.78 is 4.82. The minimum Gasteiger partial charge on any atom is -0.454 e. The molecule has 0 aromatic rings. The minimum atomic E-state index is -0.957. The van der Waals surface area contributed by atoms with Gasteiger partial charge in [-0.2, -0.15) is 0 Å². The summed E-state index contributed by atoms with van der Waals surface area (Å²) in [7, 11) is 0. The number of ether oxygens (including phenoxy) is 1. The number of carbonyl (C=O) groups excluding carboxylic acids is 4. The Hall–Kier alpha value is -2.12. The predicted octanol–water partition coefficient (Wildman–Crippen LogP) is 0.555. The van der Waals surface area contributed by atoms with Crippen LogP contribution in [0.25, 0.3) is 0 Å². The van der Waals surface area contributed by atoms with Crippen molar-refractivity contribution in [3.8, 4) is 0 Å². The van der Waals surface area contributed by atoms with Crippen molar-refractivity contribution < 1.29 is 23.9 Å². The van der Waals surface area contributed by atoms with Gasteiger partial charge in [0.05, 0.1) is 0 Å². The van der Waals surface area contributed by atoms with Crippen LogP contribution in [-0.2, 0) is 19.1 Å². The number of nitrogens with one attached hydrogen (secondary N) is 2. The number of hydrogen-bond donors (Lipinski definition) is 2. The summed E-state index contributed by atoms with van der Waals surface area (Å²) in [5.41, 5.74) is -1.39. The zero-order valence-corrected chi connectivity index (χ0v) is 14.3. The zero-order chi connectivity index (χ0) is 17.8. The van der Waals surface area contributed by atoms with E-state index < -0.39 is 48.0 Å². The maximum absolute atomic E-state index is 12.3. The lowest BCUT2D eigenvalue weighted by atomic mass is 9.93. The van der Waals surface area contributed by atoms with Gasteiger partial charge in [-0.3, -0.25) is 19.3 Å². The molecule has 4 amide bonds. The lowest BCUT2D eigenvalue weighted by Gasteiger charge is -2.23. The molecule has 0 spiro atoms. The van der Waals surface area contributed by atoms with Crippen LogP contribution in [0.2, 0.25) is 0 Å². The van der Waals surface area contributed by atoms with Crippen molar-refractivity contribution in [2.75, 3.05) is 13.2 Å². The maximum Gasteiger partial charge on any atom is 0.326 e. The van der Waals surface area contributed by atoms with Gasteiger partial charge in [0, 0.05) is 5.54 Å². The van der Waals surface area contributed by atoms with Gasteiger partial charge in [0.25, 0.3) is 11.8 Å². The van der Waals surface area contributed by atoms with Crippen LogP contribution in [0.4, 0.5) is 4.79 Å². The number of imide groups is 1. The average Bonchev–Trinajstić information content (AvgIpc) is 2.68. The number of amides is 4. The predicted molar refractivity (Wildman–Crippen MR) is 82.4 cm³/mol. The van der Waals surface area contributed by atoms with Crippen LogP contribution in [0.15, 0.2) is 0 Å². The Morgan fingerprint density at radius 1 is 1.22 bits per heavy atom. The number of urea groups is 1. The molecule has 1 aliphatic heterocycles. The van der Waals surface area contributed by atoms with Gasteiger partial charge in [0.15, 0.2) is 6.61 Å². The highest BCUT2D eigenvalue weighted by atomic mass is 16.5. The highest BCUT2D eigenvalue weighted by Gasteiger charge is 2.49. The van der Waals surface area contributed by atoms with Crippen LogP contribution in [0, 0.1) is 0 Å². The van der Waals surface area contributed by atoms with E-state index in [1.165, 1.54) is 0 Å². The summed E-state index contributed by atoms with van der Waals surface area (Å²) >= 11 is 0. The number of rotatable bonds is 6. The second kappa shape index (κ2) is 6.97. The molecule has 1 saturated heterocycles. The van der Waals surface area contributed by atoms with Crippen molar-refractivity contribution in [2.45, 2.75) is 58.5 Å². The fourth-order valence-corrected chi connectivity index (χ4v) is 2.32. The Bertz CT molecular complexity index is 506. The SMILES string of the molecule is CCC1(CC)NC(=O)N(CC(=O)OCC(=O)NC(C)(C)C)C1=O. The standard InChI is InChI=1S/C15H25N3O5/c1-6-15(7-2)12(21)18(13(22)17-15)8-11(20)23-9-10(19)16-14(3,4)5/h6-9H2,1-5H3,(H,16,19)(H,17,22). The molecule has 8 nitrogen and oxygen atoms in total. The number of esters is 1. The first kappa shape index (κ1) is 18.9. The van der Waals surface area contributed by atoms with Gasteiger partial charge in [-0.05, 0) is 33.6 Å². The Morgan fingerprint density at radius 2 is 1.78 bits per heavy atom. The fourth-order valence-electron chi connectivity index (χ4n) is 2.32. The second-order valence-electron chi connectivity index (χ2n) is 6.57. The molecule has 0 unspecified atom stereocenters. The molecule has 0 aromatic carbocycles. The van der Waals surface area contributed by atoms with Crippen LogP contribution < -0.4 is 10.6 Å². The van der Waals surface area contributed by atoms with Gasteiger partial charge in [0.2, 0.25) is 0 Å². The quantitative estimate of drug-likeness (QED) is 0.548. The molecule has 0 aromatic heterocycles. The highest BCUT2D eigenvalue weighted by Crippen LogP contribution is 2.24. The topological polar surface area (TPSA) is 105 Å². The third kappa shape index (κ3) is 4.67. The molecule has 1 fully saturated rings. The summed E-state index contributed by atoms with van der Waals surface area (Å²) in [4.78, 5) is 48.4. The van der Waals surface area contributed by atoms with Crippen LogP contribution in [0.3, 0.4) is 0 Å². The molecular formula is C15H25N3O5. The molecule has 0 aliphatic carbocycles. The molecule has 23 heavy (non-hydrogen) atoms. The van der Waals surface area contributed by atoms with E-state index in [9.17, 15) is 19.2 Å². The summed E-state index contributed by atoms with van der Waals surface area (Å²) in [6.07, 6.45) is 0.876. The van der Waals surface area contributed by atoms with Gasteiger partial charge in [-0.25, -0.2) is 4.79 Å². The number of hydrogen-bond acceptors (Lipinski definition) is 5. The van der Waals surface area contributed by atoms with Crippen molar-refractivity contribution in [1.82, 2.24) is 15.5 Å². The Kier molecular flexibility index (Phi) is 5.74. The van der Waals surface area contributed by atoms with Crippen LogP contribution in [-0.4, -0.2) is 52.9 Å². The van der Waals surface area contributed by atoms with E-state index >= 15 is 0 Å².